The van der Waals surface area contributed by atoms with Crippen molar-refractivity contribution in [3.05, 3.63) is 101 Å². The molecule has 222 valence electrons. The van der Waals surface area contributed by atoms with Crippen molar-refractivity contribution in [3.8, 4) is 5.75 Å². The standard InChI is InChI=1S/C33H40N4O5/c1-3-23-13-10-14-26(19-23)32(41)37(4-2)34-22-30(39)28(20-24-11-6-5-7-12-24)35-31(40)25-15-16-27(29(38)21-25)33(42)36-17-8-9-18-36/h5-7,10-16,19,21,28,30,34,38-39H,3-4,8-9,17-18,20,22H2,1-2H3,(H,35,40). The Balaban J connectivity index is 1.46. The number of benzene rings is 3. The lowest BCUT2D eigenvalue weighted by molar-refractivity contribution is 0.0548. The zero-order valence-electron chi connectivity index (χ0n) is 24.3. The number of nitrogens with one attached hydrogen (secondary N) is 2. The minimum atomic E-state index is -1.05. The van der Waals surface area contributed by atoms with Gasteiger partial charge >= 0.3 is 0 Å². The van der Waals surface area contributed by atoms with Crippen molar-refractivity contribution >= 4 is 17.7 Å². The first-order chi connectivity index (χ1) is 20.3. The molecule has 4 N–H and O–H groups in total. The molecule has 42 heavy (non-hydrogen) atoms. The summed E-state index contributed by atoms with van der Waals surface area (Å²) in [6, 6.07) is 20.5. The van der Waals surface area contributed by atoms with E-state index in [9.17, 15) is 24.6 Å². The Kier molecular flexibility index (Phi) is 10.7. The van der Waals surface area contributed by atoms with E-state index in [4.69, 9.17) is 0 Å². The Labute approximate surface area is 247 Å². The molecule has 1 heterocycles. The highest BCUT2D eigenvalue weighted by Gasteiger charge is 2.26. The van der Waals surface area contributed by atoms with Crippen LogP contribution in [0.25, 0.3) is 0 Å². The van der Waals surface area contributed by atoms with Crippen molar-refractivity contribution in [2.45, 2.75) is 51.7 Å². The number of likely N-dealkylation sites (tertiary alicyclic amines) is 1. The maximum atomic E-state index is 13.3. The van der Waals surface area contributed by atoms with Crippen LogP contribution >= 0.6 is 0 Å². The molecule has 4 rings (SSSR count). The van der Waals surface area contributed by atoms with Crippen LogP contribution in [0.1, 0.15) is 68.9 Å². The van der Waals surface area contributed by atoms with Crippen LogP contribution in [0, 0.1) is 0 Å². The number of carbonyl (C=O) groups is 3. The molecule has 0 aromatic heterocycles. The highest BCUT2D eigenvalue weighted by Crippen LogP contribution is 2.23. The number of hydrogen-bond donors (Lipinski definition) is 4. The fraction of sp³-hybridized carbons (Fsp3) is 0.364. The predicted molar refractivity (Wildman–Crippen MR) is 161 cm³/mol. The summed E-state index contributed by atoms with van der Waals surface area (Å²) in [5, 5.41) is 26.1. The number of phenols is 1. The first-order valence-electron chi connectivity index (χ1n) is 14.6. The lowest BCUT2D eigenvalue weighted by Crippen LogP contribution is -2.52. The Morgan fingerprint density at radius 2 is 1.62 bits per heavy atom. The molecule has 0 spiro atoms. The van der Waals surface area contributed by atoms with E-state index in [1.807, 2.05) is 62.4 Å². The van der Waals surface area contributed by atoms with Gasteiger partial charge in [-0.15, -0.1) is 0 Å². The Hall–Kier alpha value is -4.21. The fourth-order valence-corrected chi connectivity index (χ4v) is 5.10. The molecule has 0 bridgehead atoms. The normalized spacial score (nSPS) is 14.3. The highest BCUT2D eigenvalue weighted by atomic mass is 16.3. The van der Waals surface area contributed by atoms with E-state index in [1.54, 1.807) is 11.0 Å². The number of amides is 3. The summed E-state index contributed by atoms with van der Waals surface area (Å²) >= 11 is 0. The highest BCUT2D eigenvalue weighted by molar-refractivity contribution is 6.00. The summed E-state index contributed by atoms with van der Waals surface area (Å²) in [5.41, 5.74) is 5.90. The zero-order valence-corrected chi connectivity index (χ0v) is 24.3. The lowest BCUT2D eigenvalue weighted by Gasteiger charge is -2.28. The fourth-order valence-electron chi connectivity index (χ4n) is 5.10. The molecule has 1 aliphatic rings. The van der Waals surface area contributed by atoms with Crippen molar-refractivity contribution < 1.29 is 24.6 Å². The van der Waals surface area contributed by atoms with Gasteiger partial charge in [0.2, 0.25) is 0 Å². The second kappa shape index (κ2) is 14.6. The number of hydrazine groups is 1. The third-order valence-corrected chi connectivity index (χ3v) is 7.60. The van der Waals surface area contributed by atoms with Crippen LogP contribution < -0.4 is 10.7 Å². The Morgan fingerprint density at radius 1 is 0.905 bits per heavy atom. The molecular formula is C33H40N4O5. The van der Waals surface area contributed by atoms with Crippen LogP contribution in [0.5, 0.6) is 5.75 Å². The largest absolute Gasteiger partial charge is 0.507 e. The summed E-state index contributed by atoms with van der Waals surface area (Å²) in [6.45, 7) is 5.56. The Bertz CT molecular complexity index is 1370. The average Bonchev–Trinajstić information content (AvgIpc) is 3.56. The molecule has 0 saturated carbocycles. The predicted octanol–water partition coefficient (Wildman–Crippen LogP) is 3.56. The number of aryl methyl sites for hydroxylation is 1. The topological polar surface area (TPSA) is 122 Å². The van der Waals surface area contributed by atoms with Gasteiger partial charge < -0.3 is 20.4 Å². The molecule has 9 heteroatoms. The summed E-state index contributed by atoms with van der Waals surface area (Å²) in [5.74, 6) is -1.21. The van der Waals surface area contributed by atoms with E-state index in [1.165, 1.54) is 23.2 Å². The van der Waals surface area contributed by atoms with Crippen LogP contribution in [-0.2, 0) is 12.8 Å². The van der Waals surface area contributed by atoms with Crippen LogP contribution in [0.2, 0.25) is 0 Å². The van der Waals surface area contributed by atoms with E-state index in [0.29, 0.717) is 31.6 Å². The minimum absolute atomic E-state index is 0.0132. The van der Waals surface area contributed by atoms with Gasteiger partial charge in [-0.1, -0.05) is 49.4 Å². The third-order valence-electron chi connectivity index (χ3n) is 7.60. The van der Waals surface area contributed by atoms with Crippen LogP contribution in [0.15, 0.2) is 72.8 Å². The van der Waals surface area contributed by atoms with Gasteiger partial charge in [0.15, 0.2) is 0 Å². The average molecular weight is 573 g/mol. The van der Waals surface area contributed by atoms with Crippen molar-refractivity contribution in [1.29, 1.82) is 0 Å². The number of carbonyl (C=O) groups excluding carboxylic acids is 3. The molecule has 1 saturated heterocycles. The van der Waals surface area contributed by atoms with E-state index in [0.717, 1.165) is 30.4 Å². The third kappa shape index (κ3) is 7.74. The second-order valence-corrected chi connectivity index (χ2v) is 10.5. The molecule has 3 aromatic carbocycles. The number of nitrogens with zero attached hydrogens (tertiary/aromatic N) is 2. The molecule has 1 aliphatic heterocycles. The van der Waals surface area contributed by atoms with E-state index < -0.39 is 18.1 Å². The second-order valence-electron chi connectivity index (χ2n) is 10.5. The number of aliphatic hydroxyl groups is 1. The number of aliphatic hydroxyl groups excluding tert-OH is 1. The maximum absolute atomic E-state index is 13.3. The quantitative estimate of drug-likeness (QED) is 0.246. The van der Waals surface area contributed by atoms with Crippen molar-refractivity contribution in [1.82, 2.24) is 20.7 Å². The van der Waals surface area contributed by atoms with E-state index >= 15 is 0 Å². The zero-order chi connectivity index (χ0) is 30.1. The van der Waals surface area contributed by atoms with Gasteiger partial charge in [-0.2, -0.15) is 0 Å². The minimum Gasteiger partial charge on any atom is -0.507 e. The number of phenolic OH excluding ortho intramolecular Hbond substituents is 1. The van der Waals surface area contributed by atoms with Crippen molar-refractivity contribution in [2.24, 2.45) is 0 Å². The smallest absolute Gasteiger partial charge is 0.267 e. The van der Waals surface area contributed by atoms with E-state index in [-0.39, 0.29) is 35.2 Å². The van der Waals surface area contributed by atoms with Gasteiger partial charge in [-0.25, -0.2) is 5.43 Å². The molecule has 2 unspecified atom stereocenters. The monoisotopic (exact) mass is 572 g/mol. The van der Waals surface area contributed by atoms with Gasteiger partial charge in [0.1, 0.15) is 5.75 Å². The maximum Gasteiger partial charge on any atom is 0.267 e. The summed E-state index contributed by atoms with van der Waals surface area (Å²) in [7, 11) is 0. The van der Waals surface area contributed by atoms with E-state index in [2.05, 4.69) is 10.7 Å². The molecule has 3 amide bonds. The molecule has 1 fully saturated rings. The molecule has 0 radical (unpaired) electrons. The van der Waals surface area contributed by atoms with Gasteiger partial charge in [0, 0.05) is 37.3 Å². The molecule has 2 atom stereocenters. The number of hydrogen-bond acceptors (Lipinski definition) is 6. The van der Waals surface area contributed by atoms with Gasteiger partial charge in [-0.3, -0.25) is 19.4 Å². The van der Waals surface area contributed by atoms with Crippen LogP contribution in [0.4, 0.5) is 0 Å². The van der Waals surface area contributed by atoms with Gasteiger partial charge in [0.05, 0.1) is 17.7 Å². The molecular weight excluding hydrogens is 532 g/mol. The first-order valence-corrected chi connectivity index (χ1v) is 14.6. The van der Waals surface area contributed by atoms with Crippen molar-refractivity contribution in [2.75, 3.05) is 26.2 Å². The van der Waals surface area contributed by atoms with Crippen LogP contribution in [-0.4, -0.2) is 76.2 Å². The number of rotatable bonds is 12. The lowest BCUT2D eigenvalue weighted by atomic mass is 10.00. The summed E-state index contributed by atoms with van der Waals surface area (Å²) < 4.78 is 0. The van der Waals surface area contributed by atoms with Crippen molar-refractivity contribution in [3.63, 3.8) is 0 Å². The van der Waals surface area contributed by atoms with Gasteiger partial charge in [0.25, 0.3) is 17.7 Å². The molecule has 0 aliphatic carbocycles. The SMILES string of the molecule is CCc1cccc(C(=O)N(CC)NCC(O)C(Cc2ccccc2)NC(=O)c2ccc(C(=O)N3CCCC3)c(O)c2)c1. The first kappa shape index (κ1) is 30.7. The summed E-state index contributed by atoms with van der Waals surface area (Å²) in [6.07, 6.45) is 1.97. The molecule has 9 nitrogen and oxygen atoms in total. The number of aromatic hydroxyl groups is 1. The Morgan fingerprint density at radius 3 is 2.29 bits per heavy atom. The summed E-state index contributed by atoms with van der Waals surface area (Å²) in [4.78, 5) is 40.8. The van der Waals surface area contributed by atoms with Crippen LogP contribution in [0.3, 0.4) is 0 Å². The molecule has 3 aromatic rings. The van der Waals surface area contributed by atoms with Gasteiger partial charge in [-0.05, 0) is 74.1 Å².